The first-order valence-corrected chi connectivity index (χ1v) is 6.41. The van der Waals surface area contributed by atoms with Crippen molar-refractivity contribution in [1.29, 1.82) is 0 Å². The molecule has 1 saturated heterocycles. The van der Waals surface area contributed by atoms with Gasteiger partial charge in [-0.25, -0.2) is 0 Å². The van der Waals surface area contributed by atoms with E-state index in [0.717, 1.165) is 13.0 Å². The summed E-state index contributed by atoms with van der Waals surface area (Å²) in [5.74, 6) is 0.592. The molecule has 1 aliphatic rings. The van der Waals surface area contributed by atoms with Gasteiger partial charge < -0.3 is 5.32 Å². The van der Waals surface area contributed by atoms with E-state index in [4.69, 9.17) is 0 Å². The summed E-state index contributed by atoms with van der Waals surface area (Å²) in [5, 5.41) is 3.34. The van der Waals surface area contributed by atoms with Crippen molar-refractivity contribution in [2.45, 2.75) is 39.7 Å². The van der Waals surface area contributed by atoms with E-state index in [1.807, 2.05) is 0 Å². The molecule has 0 amide bonds. The fourth-order valence-corrected chi connectivity index (χ4v) is 2.73. The minimum absolute atomic E-state index is 0.203. The fourth-order valence-electron chi connectivity index (χ4n) is 2.73. The molecular weight excluding hydrogens is 210 g/mol. The first-order chi connectivity index (χ1) is 8.09. The molecular formula is C15H21NO. The first kappa shape index (κ1) is 12.3. The Morgan fingerprint density at radius 1 is 1.35 bits per heavy atom. The average Bonchev–Trinajstić information content (AvgIpc) is 2.70. The molecule has 2 unspecified atom stereocenters. The van der Waals surface area contributed by atoms with Crippen molar-refractivity contribution in [2.24, 2.45) is 5.92 Å². The molecule has 1 aliphatic heterocycles. The topological polar surface area (TPSA) is 29.1 Å². The highest BCUT2D eigenvalue weighted by molar-refractivity contribution is 5.84. The van der Waals surface area contributed by atoms with Gasteiger partial charge in [-0.3, -0.25) is 4.79 Å². The third kappa shape index (κ3) is 2.58. The molecule has 1 N–H and O–H groups in total. The van der Waals surface area contributed by atoms with E-state index in [-0.39, 0.29) is 5.92 Å². The highest BCUT2D eigenvalue weighted by Gasteiger charge is 2.29. The molecule has 1 heterocycles. The maximum atomic E-state index is 12.3. The van der Waals surface area contributed by atoms with Crippen molar-refractivity contribution in [3.8, 4) is 0 Å². The van der Waals surface area contributed by atoms with Crippen LogP contribution in [0.15, 0.2) is 18.2 Å². The van der Waals surface area contributed by atoms with Crippen LogP contribution in [0.3, 0.4) is 0 Å². The van der Waals surface area contributed by atoms with Crippen LogP contribution in [0.1, 0.15) is 30.0 Å². The molecule has 0 aliphatic carbocycles. The second-order valence-corrected chi connectivity index (χ2v) is 5.15. The van der Waals surface area contributed by atoms with Crippen molar-refractivity contribution in [3.63, 3.8) is 0 Å². The second kappa shape index (κ2) is 5.01. The molecule has 0 spiro atoms. The summed E-state index contributed by atoms with van der Waals surface area (Å²) in [7, 11) is 0. The number of hydrogen-bond acceptors (Lipinski definition) is 2. The third-order valence-corrected chi connectivity index (χ3v) is 3.93. The van der Waals surface area contributed by atoms with Crippen molar-refractivity contribution in [2.75, 3.05) is 6.54 Å². The summed E-state index contributed by atoms with van der Waals surface area (Å²) >= 11 is 0. The highest BCUT2D eigenvalue weighted by atomic mass is 16.1. The first-order valence-electron chi connectivity index (χ1n) is 6.41. The molecule has 0 radical (unpaired) electrons. The van der Waals surface area contributed by atoms with Crippen LogP contribution in [-0.2, 0) is 11.2 Å². The molecule has 0 aromatic heterocycles. The SMILES string of the molecule is Cc1cccc(C)c1CC(=O)C1CCNC1C. The summed E-state index contributed by atoms with van der Waals surface area (Å²) in [6.07, 6.45) is 1.58. The lowest BCUT2D eigenvalue weighted by Crippen LogP contribution is -2.29. The van der Waals surface area contributed by atoms with Crippen LogP contribution >= 0.6 is 0 Å². The zero-order valence-corrected chi connectivity index (χ0v) is 10.9. The minimum Gasteiger partial charge on any atom is -0.314 e. The Bertz CT molecular complexity index is 405. The van der Waals surface area contributed by atoms with Gasteiger partial charge in [-0.05, 0) is 50.4 Å². The van der Waals surface area contributed by atoms with E-state index in [2.05, 4.69) is 44.3 Å². The summed E-state index contributed by atoms with van der Waals surface area (Å²) in [5.41, 5.74) is 3.69. The van der Waals surface area contributed by atoms with E-state index < -0.39 is 0 Å². The Labute approximate surface area is 103 Å². The van der Waals surface area contributed by atoms with Gasteiger partial charge in [-0.2, -0.15) is 0 Å². The van der Waals surface area contributed by atoms with Crippen LogP contribution in [0, 0.1) is 19.8 Å². The normalized spacial score (nSPS) is 23.9. The van der Waals surface area contributed by atoms with Gasteiger partial charge in [0.1, 0.15) is 5.78 Å². The summed E-state index contributed by atoms with van der Waals surface area (Å²) in [6, 6.07) is 6.57. The monoisotopic (exact) mass is 231 g/mol. The van der Waals surface area contributed by atoms with E-state index in [9.17, 15) is 4.79 Å². The number of Topliss-reactive ketones (excluding diaryl/α,β-unsaturated/α-hetero) is 1. The van der Waals surface area contributed by atoms with E-state index in [1.54, 1.807) is 0 Å². The highest BCUT2D eigenvalue weighted by Crippen LogP contribution is 2.21. The van der Waals surface area contributed by atoms with Crippen LogP contribution < -0.4 is 5.32 Å². The van der Waals surface area contributed by atoms with Crippen LogP contribution in [0.4, 0.5) is 0 Å². The Hall–Kier alpha value is -1.15. The predicted molar refractivity (Wildman–Crippen MR) is 70.2 cm³/mol. The lowest BCUT2D eigenvalue weighted by atomic mass is 9.89. The molecule has 2 atom stereocenters. The molecule has 0 bridgehead atoms. The van der Waals surface area contributed by atoms with Gasteiger partial charge in [0.15, 0.2) is 0 Å². The van der Waals surface area contributed by atoms with Crippen LogP contribution in [0.25, 0.3) is 0 Å². The number of nitrogens with one attached hydrogen (secondary N) is 1. The summed E-state index contributed by atoms with van der Waals surface area (Å²) in [4.78, 5) is 12.3. The molecule has 2 rings (SSSR count). The van der Waals surface area contributed by atoms with Crippen LogP contribution in [-0.4, -0.2) is 18.4 Å². The molecule has 1 aromatic carbocycles. The lowest BCUT2D eigenvalue weighted by molar-refractivity contribution is -0.122. The van der Waals surface area contributed by atoms with E-state index >= 15 is 0 Å². The Kier molecular flexibility index (Phi) is 3.63. The molecule has 2 heteroatoms. The standard InChI is InChI=1S/C15H21NO/c1-10-5-4-6-11(2)14(10)9-15(17)13-7-8-16-12(13)3/h4-6,12-13,16H,7-9H2,1-3H3. The third-order valence-electron chi connectivity index (χ3n) is 3.93. The van der Waals surface area contributed by atoms with Crippen molar-refractivity contribution in [3.05, 3.63) is 34.9 Å². The maximum Gasteiger partial charge on any atom is 0.141 e. The van der Waals surface area contributed by atoms with Crippen LogP contribution in [0.5, 0.6) is 0 Å². The number of rotatable bonds is 3. The van der Waals surface area contributed by atoms with Crippen molar-refractivity contribution < 1.29 is 4.79 Å². The largest absolute Gasteiger partial charge is 0.314 e. The Balaban J connectivity index is 2.13. The summed E-state index contributed by atoms with van der Waals surface area (Å²) < 4.78 is 0. The van der Waals surface area contributed by atoms with Gasteiger partial charge in [0.05, 0.1) is 0 Å². The minimum atomic E-state index is 0.203. The number of ketones is 1. The molecule has 2 nitrogen and oxygen atoms in total. The zero-order chi connectivity index (χ0) is 12.4. The zero-order valence-electron chi connectivity index (χ0n) is 10.9. The van der Waals surface area contributed by atoms with Gasteiger partial charge in [0.2, 0.25) is 0 Å². The Morgan fingerprint density at radius 2 is 2.00 bits per heavy atom. The maximum absolute atomic E-state index is 12.3. The van der Waals surface area contributed by atoms with Crippen LogP contribution in [0.2, 0.25) is 0 Å². The smallest absolute Gasteiger partial charge is 0.141 e. The molecule has 1 fully saturated rings. The molecule has 0 saturated carbocycles. The van der Waals surface area contributed by atoms with Crippen molar-refractivity contribution >= 4 is 5.78 Å². The van der Waals surface area contributed by atoms with E-state index in [1.165, 1.54) is 16.7 Å². The van der Waals surface area contributed by atoms with Gasteiger partial charge in [0.25, 0.3) is 0 Å². The number of aryl methyl sites for hydroxylation is 2. The number of hydrogen-bond donors (Lipinski definition) is 1. The average molecular weight is 231 g/mol. The van der Waals surface area contributed by atoms with Gasteiger partial charge in [0, 0.05) is 18.4 Å². The van der Waals surface area contributed by atoms with E-state index in [0.29, 0.717) is 18.2 Å². The number of benzene rings is 1. The Morgan fingerprint density at radius 3 is 2.53 bits per heavy atom. The molecule has 17 heavy (non-hydrogen) atoms. The predicted octanol–water partition coefficient (Wildman–Crippen LogP) is 2.41. The van der Waals surface area contributed by atoms with Crippen molar-refractivity contribution in [1.82, 2.24) is 5.32 Å². The quantitative estimate of drug-likeness (QED) is 0.865. The second-order valence-electron chi connectivity index (χ2n) is 5.15. The van der Waals surface area contributed by atoms with Gasteiger partial charge >= 0.3 is 0 Å². The van der Waals surface area contributed by atoms with Gasteiger partial charge in [-0.1, -0.05) is 18.2 Å². The van der Waals surface area contributed by atoms with Gasteiger partial charge in [-0.15, -0.1) is 0 Å². The molecule has 92 valence electrons. The fraction of sp³-hybridized carbons (Fsp3) is 0.533. The number of carbonyl (C=O) groups is 1. The lowest BCUT2D eigenvalue weighted by Gasteiger charge is -2.15. The summed E-state index contributed by atoms with van der Waals surface area (Å²) in [6.45, 7) is 7.27. The molecule has 1 aromatic rings. The number of carbonyl (C=O) groups excluding carboxylic acids is 1.